The summed E-state index contributed by atoms with van der Waals surface area (Å²) in [6.07, 6.45) is 14.0. The zero-order chi connectivity index (χ0) is 25.7. The van der Waals surface area contributed by atoms with E-state index in [9.17, 15) is 4.79 Å². The maximum absolute atomic E-state index is 13.8. The Morgan fingerprint density at radius 3 is 1.97 bits per heavy atom. The van der Waals surface area contributed by atoms with E-state index in [1.807, 2.05) is 17.0 Å². The molecule has 2 saturated carbocycles. The zero-order valence-corrected chi connectivity index (χ0v) is 22.5. The molecule has 3 fully saturated rings. The summed E-state index contributed by atoms with van der Waals surface area (Å²) in [5.74, 6) is 2.72. The summed E-state index contributed by atoms with van der Waals surface area (Å²) < 4.78 is 22.7. The van der Waals surface area contributed by atoms with Gasteiger partial charge in [0.05, 0.1) is 27.4 Å². The molecule has 0 aromatic heterocycles. The molecule has 2 aliphatic carbocycles. The second-order valence-corrected chi connectivity index (χ2v) is 10.4. The Balaban J connectivity index is 1.67. The first kappa shape index (κ1) is 26.4. The Labute approximate surface area is 215 Å². The van der Waals surface area contributed by atoms with Crippen molar-refractivity contribution >= 4 is 18.0 Å². The van der Waals surface area contributed by atoms with Gasteiger partial charge in [0, 0.05) is 6.04 Å². The van der Waals surface area contributed by atoms with Gasteiger partial charge in [-0.05, 0) is 75.1 Å². The molecule has 0 N–H and O–H groups in total. The molecule has 1 heterocycles. The van der Waals surface area contributed by atoms with Crippen LogP contribution < -0.4 is 14.2 Å². The fourth-order valence-corrected chi connectivity index (χ4v) is 6.00. The third-order valence-corrected chi connectivity index (χ3v) is 8.21. The van der Waals surface area contributed by atoms with Crippen LogP contribution in [0.5, 0.6) is 17.2 Å². The lowest BCUT2D eigenvalue weighted by atomic mass is 9.84. The van der Waals surface area contributed by atoms with E-state index in [1.165, 1.54) is 51.4 Å². The number of aliphatic imine (C=N–C) groups is 1. The molecule has 3 aliphatic rings. The minimum Gasteiger partial charge on any atom is -0.493 e. The van der Waals surface area contributed by atoms with Crippen LogP contribution in [0.15, 0.2) is 22.9 Å². The standard InChI is InChI=1S/C29H42N2O5/c1-19(22-12-8-6-9-13-22)30-29-31(20(2)23-14-10-7-11-15-23)28(32)26(36-29)18-21-16-24(33-3)27(35-5)25(17-21)34-4/h16-20,22-23H,6-15H2,1-5H3. The number of methoxy groups -OCH3 is 3. The van der Waals surface area contributed by atoms with Gasteiger partial charge in [-0.1, -0.05) is 38.5 Å². The first-order valence-corrected chi connectivity index (χ1v) is 13.6. The van der Waals surface area contributed by atoms with Crippen molar-refractivity contribution in [2.45, 2.75) is 90.1 Å². The predicted octanol–water partition coefficient (Wildman–Crippen LogP) is 6.21. The molecule has 0 spiro atoms. The molecule has 1 saturated heterocycles. The molecule has 198 valence electrons. The van der Waals surface area contributed by atoms with Crippen LogP contribution in [0.25, 0.3) is 6.08 Å². The Kier molecular flexibility index (Phi) is 8.81. The van der Waals surface area contributed by atoms with Gasteiger partial charge in [-0.25, -0.2) is 4.99 Å². The lowest BCUT2D eigenvalue weighted by Gasteiger charge is -2.33. The molecule has 1 amide bonds. The summed E-state index contributed by atoms with van der Waals surface area (Å²) in [4.78, 5) is 20.6. The van der Waals surface area contributed by atoms with Gasteiger partial charge in [0.15, 0.2) is 17.3 Å². The Bertz CT molecular complexity index is 951. The van der Waals surface area contributed by atoms with Crippen LogP contribution in [0.2, 0.25) is 0 Å². The SMILES string of the molecule is COc1cc(C=C2OC(=NC(C)C3CCCCC3)N(C(C)C3CCCCC3)C2=O)cc(OC)c1OC. The summed E-state index contributed by atoms with van der Waals surface area (Å²) in [6, 6.07) is 4.25. The van der Waals surface area contributed by atoms with E-state index in [4.69, 9.17) is 23.9 Å². The van der Waals surface area contributed by atoms with E-state index >= 15 is 0 Å². The highest BCUT2D eigenvalue weighted by atomic mass is 16.5. The van der Waals surface area contributed by atoms with Crippen LogP contribution in [-0.4, -0.2) is 50.2 Å². The zero-order valence-electron chi connectivity index (χ0n) is 22.5. The van der Waals surface area contributed by atoms with Crippen molar-refractivity contribution in [1.29, 1.82) is 0 Å². The highest BCUT2D eigenvalue weighted by molar-refractivity contribution is 6.11. The Morgan fingerprint density at radius 2 is 1.44 bits per heavy atom. The lowest BCUT2D eigenvalue weighted by molar-refractivity contribution is -0.125. The molecule has 1 aliphatic heterocycles. The van der Waals surface area contributed by atoms with E-state index in [-0.39, 0.29) is 23.8 Å². The minimum atomic E-state index is -0.128. The van der Waals surface area contributed by atoms with Crippen LogP contribution in [0.3, 0.4) is 0 Å². The fourth-order valence-electron chi connectivity index (χ4n) is 6.00. The van der Waals surface area contributed by atoms with Crippen molar-refractivity contribution in [3.63, 3.8) is 0 Å². The van der Waals surface area contributed by atoms with E-state index in [0.717, 1.165) is 18.4 Å². The van der Waals surface area contributed by atoms with Crippen molar-refractivity contribution in [3.8, 4) is 17.2 Å². The second kappa shape index (κ2) is 12.0. The van der Waals surface area contributed by atoms with Crippen LogP contribution in [0.1, 0.15) is 83.6 Å². The van der Waals surface area contributed by atoms with Crippen LogP contribution in [-0.2, 0) is 9.53 Å². The summed E-state index contributed by atoms with van der Waals surface area (Å²) >= 11 is 0. The summed E-state index contributed by atoms with van der Waals surface area (Å²) in [7, 11) is 4.73. The van der Waals surface area contributed by atoms with Gasteiger partial charge in [0.1, 0.15) is 0 Å². The van der Waals surface area contributed by atoms with Gasteiger partial charge in [-0.2, -0.15) is 0 Å². The van der Waals surface area contributed by atoms with Crippen molar-refractivity contribution in [2.24, 2.45) is 16.8 Å². The first-order chi connectivity index (χ1) is 17.5. The molecule has 36 heavy (non-hydrogen) atoms. The first-order valence-electron chi connectivity index (χ1n) is 13.6. The van der Waals surface area contributed by atoms with E-state index in [1.54, 1.807) is 27.4 Å². The molecular weight excluding hydrogens is 456 g/mol. The third kappa shape index (κ3) is 5.65. The summed E-state index contributed by atoms with van der Waals surface area (Å²) in [5.41, 5.74) is 0.736. The highest BCUT2D eigenvalue weighted by Crippen LogP contribution is 2.40. The van der Waals surface area contributed by atoms with E-state index < -0.39 is 0 Å². The molecule has 1 aromatic rings. The van der Waals surface area contributed by atoms with Crippen LogP contribution >= 0.6 is 0 Å². The second-order valence-electron chi connectivity index (χ2n) is 10.4. The number of amidine groups is 1. The van der Waals surface area contributed by atoms with Gasteiger partial charge in [0.2, 0.25) is 5.75 Å². The van der Waals surface area contributed by atoms with Gasteiger partial charge < -0.3 is 18.9 Å². The normalized spacial score (nSPS) is 23.6. The lowest BCUT2D eigenvalue weighted by Crippen LogP contribution is -2.43. The molecule has 7 heteroatoms. The predicted molar refractivity (Wildman–Crippen MR) is 142 cm³/mol. The van der Waals surface area contributed by atoms with Crippen molar-refractivity contribution in [1.82, 2.24) is 4.90 Å². The fraction of sp³-hybridized carbons (Fsp3) is 0.655. The molecule has 0 bridgehead atoms. The largest absolute Gasteiger partial charge is 0.493 e. The van der Waals surface area contributed by atoms with Crippen molar-refractivity contribution in [3.05, 3.63) is 23.5 Å². The quantitative estimate of drug-likeness (QED) is 0.399. The van der Waals surface area contributed by atoms with E-state index in [0.29, 0.717) is 35.1 Å². The molecule has 2 unspecified atom stereocenters. The third-order valence-electron chi connectivity index (χ3n) is 8.21. The van der Waals surface area contributed by atoms with Gasteiger partial charge in [0.25, 0.3) is 5.91 Å². The summed E-state index contributed by atoms with van der Waals surface area (Å²) in [6.45, 7) is 4.32. The maximum atomic E-state index is 13.8. The average Bonchev–Trinajstić information content (AvgIpc) is 3.22. The number of amides is 1. The number of hydrogen-bond donors (Lipinski definition) is 0. The number of hydrogen-bond acceptors (Lipinski definition) is 6. The summed E-state index contributed by atoms with van der Waals surface area (Å²) in [5, 5.41) is 0. The molecule has 0 radical (unpaired) electrons. The van der Waals surface area contributed by atoms with Gasteiger partial charge in [-0.3, -0.25) is 9.69 Å². The van der Waals surface area contributed by atoms with Gasteiger partial charge in [-0.15, -0.1) is 0 Å². The van der Waals surface area contributed by atoms with Gasteiger partial charge >= 0.3 is 6.02 Å². The van der Waals surface area contributed by atoms with Crippen molar-refractivity contribution in [2.75, 3.05) is 21.3 Å². The average molecular weight is 499 g/mol. The Hall–Kier alpha value is -2.70. The van der Waals surface area contributed by atoms with E-state index in [2.05, 4.69) is 13.8 Å². The van der Waals surface area contributed by atoms with Crippen LogP contribution in [0.4, 0.5) is 0 Å². The molecule has 4 rings (SSSR count). The molecule has 7 nitrogen and oxygen atoms in total. The number of carbonyl (C=O) groups excluding carboxylic acids is 1. The van der Waals surface area contributed by atoms with Crippen LogP contribution in [0, 0.1) is 11.8 Å². The number of nitrogens with zero attached hydrogens (tertiary/aromatic N) is 2. The minimum absolute atomic E-state index is 0.0425. The number of carbonyl (C=O) groups is 1. The monoisotopic (exact) mass is 498 g/mol. The molecule has 1 aromatic carbocycles. The topological polar surface area (TPSA) is 69.6 Å². The van der Waals surface area contributed by atoms with Crippen molar-refractivity contribution < 1.29 is 23.7 Å². The molecule has 2 atom stereocenters. The smallest absolute Gasteiger partial charge is 0.300 e. The molecular formula is C29H42N2O5. The number of ether oxygens (including phenoxy) is 4. The Morgan fingerprint density at radius 1 is 0.889 bits per heavy atom. The highest BCUT2D eigenvalue weighted by Gasteiger charge is 2.41. The number of rotatable bonds is 8. The number of benzene rings is 1. The maximum Gasteiger partial charge on any atom is 0.300 e.